The number of phenolic OH excluding ortho intramolecular Hbond substituents is 1. The van der Waals surface area contributed by atoms with Crippen LogP contribution in [0.5, 0.6) is 23.0 Å². The molecule has 0 unspecified atom stereocenters. The zero-order valence-corrected chi connectivity index (χ0v) is 21.3. The van der Waals surface area contributed by atoms with E-state index in [0.717, 1.165) is 37.7 Å². The molecule has 1 aromatic rings. The maximum Gasteiger partial charge on any atom is 0.511 e. The summed E-state index contributed by atoms with van der Waals surface area (Å²) < 4.78 is 16.8. The minimum atomic E-state index is -1.47. The summed E-state index contributed by atoms with van der Waals surface area (Å²) in [7, 11) is 0. The number of unbranched alkanes of at least 4 members (excludes halogenated alkanes) is 12. The van der Waals surface area contributed by atoms with Crippen LogP contribution in [0.2, 0.25) is 0 Å². The van der Waals surface area contributed by atoms with Gasteiger partial charge in [-0.2, -0.15) is 0 Å². The van der Waals surface area contributed by atoms with Crippen molar-refractivity contribution in [2.24, 2.45) is 0 Å². The second kappa shape index (κ2) is 17.4. The lowest BCUT2D eigenvalue weighted by Crippen LogP contribution is -2.09. The summed E-state index contributed by atoms with van der Waals surface area (Å²) in [6.07, 6.45) is 14.9. The summed E-state index contributed by atoms with van der Waals surface area (Å²) in [5, 5.41) is 19.8. The molecule has 190 valence electrons. The zero-order valence-electron chi connectivity index (χ0n) is 21.3. The third-order valence-electron chi connectivity index (χ3n) is 6.06. The summed E-state index contributed by atoms with van der Waals surface area (Å²) >= 11 is 0. The third-order valence-corrected chi connectivity index (χ3v) is 6.06. The highest BCUT2D eigenvalue weighted by molar-refractivity contribution is 5.71. The second-order valence-corrected chi connectivity index (χ2v) is 8.89. The topological polar surface area (TPSA) is 85.2 Å². The van der Waals surface area contributed by atoms with Gasteiger partial charge in [0, 0.05) is 11.1 Å². The van der Waals surface area contributed by atoms with Gasteiger partial charge in [0.05, 0.1) is 13.2 Å². The van der Waals surface area contributed by atoms with E-state index < -0.39 is 6.16 Å². The highest BCUT2D eigenvalue weighted by atomic mass is 16.7. The van der Waals surface area contributed by atoms with Crippen LogP contribution in [0.4, 0.5) is 4.79 Å². The molecule has 0 amide bonds. The number of hydrogen-bond acceptors (Lipinski definition) is 5. The van der Waals surface area contributed by atoms with Crippen LogP contribution >= 0.6 is 0 Å². The Bertz CT molecular complexity index is 686. The van der Waals surface area contributed by atoms with E-state index in [0.29, 0.717) is 24.5 Å². The molecule has 2 N–H and O–H groups in total. The molecule has 0 heterocycles. The van der Waals surface area contributed by atoms with Crippen molar-refractivity contribution in [2.45, 2.75) is 118 Å². The fourth-order valence-corrected chi connectivity index (χ4v) is 3.89. The predicted molar refractivity (Wildman–Crippen MR) is 133 cm³/mol. The molecule has 0 radical (unpaired) electrons. The van der Waals surface area contributed by atoms with E-state index in [1.54, 1.807) is 6.92 Å². The Morgan fingerprint density at radius 3 is 1.48 bits per heavy atom. The molecule has 0 aliphatic carbocycles. The molecule has 0 aromatic heterocycles. The van der Waals surface area contributed by atoms with Crippen molar-refractivity contribution in [2.75, 3.05) is 13.2 Å². The van der Waals surface area contributed by atoms with Crippen molar-refractivity contribution in [1.82, 2.24) is 0 Å². The second-order valence-electron chi connectivity index (χ2n) is 8.89. The lowest BCUT2D eigenvalue weighted by Gasteiger charge is -2.20. The van der Waals surface area contributed by atoms with Crippen molar-refractivity contribution in [3.8, 4) is 23.0 Å². The van der Waals surface area contributed by atoms with E-state index in [1.165, 1.54) is 57.8 Å². The van der Waals surface area contributed by atoms with E-state index in [4.69, 9.17) is 19.3 Å². The molecule has 1 rings (SSSR count). The van der Waals surface area contributed by atoms with Gasteiger partial charge >= 0.3 is 6.16 Å². The smallest absolute Gasteiger partial charge is 0.502 e. The number of hydrogen-bond donors (Lipinski definition) is 2. The van der Waals surface area contributed by atoms with Crippen molar-refractivity contribution >= 4 is 6.16 Å². The average molecular weight is 467 g/mol. The Balaban J connectivity index is 2.74. The van der Waals surface area contributed by atoms with Gasteiger partial charge in [-0.3, -0.25) is 0 Å². The molecule has 0 saturated carbocycles. The largest absolute Gasteiger partial charge is 0.511 e. The summed E-state index contributed by atoms with van der Waals surface area (Å²) in [4.78, 5) is 11.1. The number of benzene rings is 1. The maximum absolute atomic E-state index is 11.1. The molecule has 0 bridgehead atoms. The molecule has 0 aliphatic heterocycles. The predicted octanol–water partition coefficient (Wildman–Crippen LogP) is 8.32. The van der Waals surface area contributed by atoms with Gasteiger partial charge in [-0.05, 0) is 26.7 Å². The van der Waals surface area contributed by atoms with Crippen molar-refractivity contribution < 1.29 is 29.2 Å². The van der Waals surface area contributed by atoms with Gasteiger partial charge in [-0.25, -0.2) is 4.79 Å². The van der Waals surface area contributed by atoms with Crippen LogP contribution in [0, 0.1) is 13.8 Å². The highest BCUT2D eigenvalue weighted by Gasteiger charge is 2.25. The lowest BCUT2D eigenvalue weighted by molar-refractivity contribution is 0.141. The average Bonchev–Trinajstić information content (AvgIpc) is 2.79. The first-order valence-corrected chi connectivity index (χ1v) is 13.0. The van der Waals surface area contributed by atoms with Crippen LogP contribution in [0.15, 0.2) is 0 Å². The zero-order chi connectivity index (χ0) is 24.5. The van der Waals surface area contributed by atoms with Gasteiger partial charge in [-0.1, -0.05) is 90.9 Å². The number of aromatic hydroxyl groups is 1. The standard InChI is InChI=1S/C27H46O6/c1-5-7-9-11-13-15-17-19-31-25-22(4)21(3)24(33-27(29)30)23(28)26(25)32-20-18-16-14-12-10-8-6-2/h28H,5-20H2,1-4H3,(H,29,30). The molecule has 0 spiro atoms. The summed E-state index contributed by atoms with van der Waals surface area (Å²) in [5.74, 6) is 0.274. The first-order chi connectivity index (χ1) is 15.9. The Morgan fingerprint density at radius 2 is 1.03 bits per heavy atom. The first kappa shape index (κ1) is 28.9. The van der Waals surface area contributed by atoms with Gasteiger partial charge in [0.25, 0.3) is 0 Å². The molecule has 0 fully saturated rings. The maximum atomic E-state index is 11.1. The molecule has 0 saturated heterocycles. The van der Waals surface area contributed by atoms with Crippen molar-refractivity contribution in [3.63, 3.8) is 0 Å². The lowest BCUT2D eigenvalue weighted by atomic mass is 10.1. The normalized spacial score (nSPS) is 10.9. The Labute approximate surface area is 200 Å². The number of carboxylic acid groups (broad SMARTS) is 1. The highest BCUT2D eigenvalue weighted by Crippen LogP contribution is 2.49. The SMILES string of the molecule is CCCCCCCCCOc1c(C)c(C)c(OC(=O)O)c(O)c1OCCCCCCCCC. The van der Waals surface area contributed by atoms with Crippen LogP contribution in [-0.4, -0.2) is 29.6 Å². The van der Waals surface area contributed by atoms with Gasteiger partial charge in [-0.15, -0.1) is 0 Å². The van der Waals surface area contributed by atoms with Crippen LogP contribution in [0.1, 0.15) is 115 Å². The van der Waals surface area contributed by atoms with Gasteiger partial charge in [0.1, 0.15) is 0 Å². The van der Waals surface area contributed by atoms with E-state index in [9.17, 15) is 9.90 Å². The van der Waals surface area contributed by atoms with Crippen LogP contribution < -0.4 is 14.2 Å². The number of phenols is 1. The molecule has 0 atom stereocenters. The summed E-state index contributed by atoms with van der Waals surface area (Å²) in [6.45, 7) is 8.94. The quantitative estimate of drug-likeness (QED) is 0.121. The third kappa shape index (κ3) is 11.0. The van der Waals surface area contributed by atoms with Crippen LogP contribution in [0.25, 0.3) is 0 Å². The monoisotopic (exact) mass is 466 g/mol. The molecule has 33 heavy (non-hydrogen) atoms. The van der Waals surface area contributed by atoms with Crippen LogP contribution in [0.3, 0.4) is 0 Å². The van der Waals surface area contributed by atoms with E-state index >= 15 is 0 Å². The Hall–Kier alpha value is -2.11. The minimum absolute atomic E-state index is 0.0853. The first-order valence-electron chi connectivity index (χ1n) is 13.0. The molecule has 6 heteroatoms. The molecular weight excluding hydrogens is 420 g/mol. The van der Waals surface area contributed by atoms with Gasteiger partial charge < -0.3 is 24.4 Å². The molecule has 0 aliphatic rings. The fourth-order valence-electron chi connectivity index (χ4n) is 3.89. The summed E-state index contributed by atoms with van der Waals surface area (Å²) in [5.41, 5.74) is 1.26. The molecule has 6 nitrogen and oxygen atoms in total. The Kier molecular flexibility index (Phi) is 15.2. The number of rotatable bonds is 19. The van der Waals surface area contributed by atoms with E-state index in [1.807, 2.05) is 6.92 Å². The number of ether oxygens (including phenoxy) is 3. The Morgan fingerprint density at radius 1 is 0.636 bits per heavy atom. The van der Waals surface area contributed by atoms with Gasteiger partial charge in [0.2, 0.25) is 11.5 Å². The molecular formula is C27H46O6. The van der Waals surface area contributed by atoms with Gasteiger partial charge in [0.15, 0.2) is 11.5 Å². The van der Waals surface area contributed by atoms with E-state index in [2.05, 4.69) is 13.8 Å². The summed E-state index contributed by atoms with van der Waals surface area (Å²) in [6, 6.07) is 0. The fraction of sp³-hybridized carbons (Fsp3) is 0.741. The van der Waals surface area contributed by atoms with Crippen LogP contribution in [-0.2, 0) is 0 Å². The minimum Gasteiger partial charge on any atom is -0.502 e. The number of carbonyl (C=O) groups is 1. The van der Waals surface area contributed by atoms with Crippen molar-refractivity contribution in [1.29, 1.82) is 0 Å². The molecule has 1 aromatic carbocycles. The van der Waals surface area contributed by atoms with E-state index in [-0.39, 0.29) is 17.2 Å². The van der Waals surface area contributed by atoms with Crippen molar-refractivity contribution in [3.05, 3.63) is 11.1 Å².